The van der Waals surface area contributed by atoms with E-state index in [1.807, 2.05) is 0 Å². The minimum absolute atomic E-state index is 0.189. The molecule has 0 atom stereocenters. The van der Waals surface area contributed by atoms with E-state index in [4.69, 9.17) is 10.5 Å². The van der Waals surface area contributed by atoms with Crippen LogP contribution in [0.1, 0.15) is 23.2 Å². The van der Waals surface area contributed by atoms with E-state index in [0.717, 1.165) is 0 Å². The van der Waals surface area contributed by atoms with Gasteiger partial charge in [0, 0.05) is 25.3 Å². The zero-order valence-electron chi connectivity index (χ0n) is 10.7. The number of nitrogens with one attached hydrogen (secondary N) is 1. The largest absolute Gasteiger partial charge is 0.381 e. The summed E-state index contributed by atoms with van der Waals surface area (Å²) in [7, 11) is 0. The van der Waals surface area contributed by atoms with Crippen LogP contribution in [0.4, 0.5) is 13.2 Å². The van der Waals surface area contributed by atoms with Crippen molar-refractivity contribution in [3.05, 3.63) is 35.1 Å². The van der Waals surface area contributed by atoms with Gasteiger partial charge in [0.1, 0.15) is 0 Å². The summed E-state index contributed by atoms with van der Waals surface area (Å²) in [6.45, 7) is 1.08. The molecule has 1 aliphatic heterocycles. The fraction of sp³-hybridized carbons (Fsp3) is 0.462. The normalized spacial score (nSPS) is 17.8. The summed E-state index contributed by atoms with van der Waals surface area (Å²) in [5.74, 6) is -5.08. The molecule has 0 aromatic heterocycles. The molecule has 1 heterocycles. The third-order valence-corrected chi connectivity index (χ3v) is 3.47. The topological polar surface area (TPSA) is 64.3 Å². The van der Waals surface area contributed by atoms with Gasteiger partial charge in [-0.25, -0.2) is 13.2 Å². The molecule has 1 aliphatic rings. The summed E-state index contributed by atoms with van der Waals surface area (Å²) in [5, 5.41) is 2.67. The molecule has 3 N–H and O–H groups in total. The third-order valence-electron chi connectivity index (χ3n) is 3.47. The lowest BCUT2D eigenvalue weighted by Crippen LogP contribution is -2.56. The quantitative estimate of drug-likeness (QED) is 0.825. The molecule has 1 saturated heterocycles. The van der Waals surface area contributed by atoms with Crippen LogP contribution in [-0.4, -0.2) is 31.2 Å². The van der Waals surface area contributed by atoms with Crippen LogP contribution in [0.2, 0.25) is 0 Å². The molecular formula is C13H15F3N2O2. The van der Waals surface area contributed by atoms with Gasteiger partial charge in [0.2, 0.25) is 0 Å². The van der Waals surface area contributed by atoms with Crippen LogP contribution in [0.3, 0.4) is 0 Å². The molecule has 0 saturated carbocycles. The fourth-order valence-corrected chi connectivity index (χ4v) is 2.14. The third kappa shape index (κ3) is 2.94. The highest BCUT2D eigenvalue weighted by molar-refractivity contribution is 5.94. The minimum atomic E-state index is -1.60. The van der Waals surface area contributed by atoms with Crippen molar-refractivity contribution in [1.29, 1.82) is 0 Å². The molecule has 0 bridgehead atoms. The highest BCUT2D eigenvalue weighted by atomic mass is 19.2. The molecular weight excluding hydrogens is 273 g/mol. The zero-order chi connectivity index (χ0) is 14.8. The molecule has 1 amide bonds. The maximum Gasteiger partial charge on any atom is 0.251 e. The first-order valence-electron chi connectivity index (χ1n) is 6.22. The summed E-state index contributed by atoms with van der Waals surface area (Å²) in [6, 6.07) is 1.33. The van der Waals surface area contributed by atoms with E-state index < -0.39 is 28.9 Å². The van der Waals surface area contributed by atoms with Gasteiger partial charge in [-0.05, 0) is 25.0 Å². The van der Waals surface area contributed by atoms with E-state index >= 15 is 0 Å². The van der Waals surface area contributed by atoms with Crippen molar-refractivity contribution in [3.63, 3.8) is 0 Å². The number of amides is 1. The summed E-state index contributed by atoms with van der Waals surface area (Å²) in [6.07, 6.45) is 1.03. The van der Waals surface area contributed by atoms with E-state index in [1.165, 1.54) is 0 Å². The smallest absolute Gasteiger partial charge is 0.251 e. The molecule has 20 heavy (non-hydrogen) atoms. The SMILES string of the molecule is NCC1(NC(=O)c2cc(F)c(F)c(F)c2)CCOCC1. The van der Waals surface area contributed by atoms with Crippen LogP contribution in [-0.2, 0) is 4.74 Å². The standard InChI is InChI=1S/C13H15F3N2O2/c14-9-5-8(6-10(15)11(9)16)12(19)18-13(7-17)1-3-20-4-2-13/h5-6H,1-4,7,17H2,(H,18,19). The zero-order valence-corrected chi connectivity index (χ0v) is 10.7. The maximum atomic E-state index is 13.1. The van der Waals surface area contributed by atoms with Crippen molar-refractivity contribution in [1.82, 2.24) is 5.32 Å². The van der Waals surface area contributed by atoms with Crippen LogP contribution in [0.5, 0.6) is 0 Å². The molecule has 0 aliphatic carbocycles. The average Bonchev–Trinajstić information content (AvgIpc) is 2.45. The lowest BCUT2D eigenvalue weighted by atomic mass is 9.89. The van der Waals surface area contributed by atoms with Gasteiger partial charge in [-0.15, -0.1) is 0 Å². The summed E-state index contributed by atoms with van der Waals surface area (Å²) < 4.78 is 44.3. The lowest BCUT2D eigenvalue weighted by molar-refractivity contribution is 0.0388. The Bertz CT molecular complexity index is 493. The predicted molar refractivity (Wildman–Crippen MR) is 65.6 cm³/mol. The molecule has 1 aromatic rings. The highest BCUT2D eigenvalue weighted by Crippen LogP contribution is 2.21. The van der Waals surface area contributed by atoms with Gasteiger partial charge >= 0.3 is 0 Å². The van der Waals surface area contributed by atoms with E-state index in [9.17, 15) is 18.0 Å². The number of carbonyl (C=O) groups is 1. The Kier molecular flexibility index (Phi) is 4.29. The average molecular weight is 288 g/mol. The van der Waals surface area contributed by atoms with Crippen molar-refractivity contribution >= 4 is 5.91 Å². The Balaban J connectivity index is 2.19. The number of ether oxygens (including phenoxy) is 1. The molecule has 0 spiro atoms. The van der Waals surface area contributed by atoms with Crippen LogP contribution >= 0.6 is 0 Å². The Morgan fingerprint density at radius 2 is 1.80 bits per heavy atom. The maximum absolute atomic E-state index is 13.1. The van der Waals surface area contributed by atoms with Gasteiger partial charge in [0.15, 0.2) is 17.5 Å². The summed E-state index contributed by atoms with van der Waals surface area (Å²) in [4.78, 5) is 12.0. The van der Waals surface area contributed by atoms with Crippen molar-refractivity contribution in [3.8, 4) is 0 Å². The Morgan fingerprint density at radius 1 is 1.25 bits per heavy atom. The van der Waals surface area contributed by atoms with Gasteiger partial charge in [-0.1, -0.05) is 0 Å². The first-order valence-corrected chi connectivity index (χ1v) is 6.22. The predicted octanol–water partition coefficient (Wildman–Crippen LogP) is 1.34. The summed E-state index contributed by atoms with van der Waals surface area (Å²) >= 11 is 0. The molecule has 1 aromatic carbocycles. The second kappa shape index (κ2) is 5.80. The van der Waals surface area contributed by atoms with E-state index in [1.54, 1.807) is 0 Å². The van der Waals surface area contributed by atoms with Crippen molar-refractivity contribution < 1.29 is 22.7 Å². The fourth-order valence-electron chi connectivity index (χ4n) is 2.14. The number of hydrogen-bond acceptors (Lipinski definition) is 3. The Hall–Kier alpha value is -1.60. The number of carbonyl (C=O) groups excluding carboxylic acids is 1. The van der Waals surface area contributed by atoms with E-state index in [0.29, 0.717) is 38.2 Å². The number of nitrogens with two attached hydrogens (primary N) is 1. The summed E-state index contributed by atoms with van der Waals surface area (Å²) in [5.41, 5.74) is 4.74. The van der Waals surface area contributed by atoms with Crippen molar-refractivity contribution in [2.45, 2.75) is 18.4 Å². The van der Waals surface area contributed by atoms with Gasteiger partial charge in [-0.3, -0.25) is 4.79 Å². The van der Waals surface area contributed by atoms with Crippen molar-refractivity contribution in [2.24, 2.45) is 5.73 Å². The van der Waals surface area contributed by atoms with Crippen molar-refractivity contribution in [2.75, 3.05) is 19.8 Å². The van der Waals surface area contributed by atoms with Crippen LogP contribution in [0.25, 0.3) is 0 Å². The first-order chi connectivity index (χ1) is 9.47. The molecule has 4 nitrogen and oxygen atoms in total. The Morgan fingerprint density at radius 3 is 2.30 bits per heavy atom. The molecule has 1 fully saturated rings. The van der Waals surface area contributed by atoms with Gasteiger partial charge < -0.3 is 15.8 Å². The molecule has 0 radical (unpaired) electrons. The van der Waals surface area contributed by atoms with Crippen LogP contribution < -0.4 is 11.1 Å². The van der Waals surface area contributed by atoms with Gasteiger partial charge in [-0.2, -0.15) is 0 Å². The second-order valence-electron chi connectivity index (χ2n) is 4.80. The van der Waals surface area contributed by atoms with Gasteiger partial charge in [0.05, 0.1) is 5.54 Å². The molecule has 0 unspecified atom stereocenters. The van der Waals surface area contributed by atoms with Crippen LogP contribution in [0, 0.1) is 17.5 Å². The van der Waals surface area contributed by atoms with Gasteiger partial charge in [0.25, 0.3) is 5.91 Å². The Labute approximate surface area is 114 Å². The van der Waals surface area contributed by atoms with E-state index in [-0.39, 0.29) is 12.1 Å². The number of benzene rings is 1. The molecule has 2 rings (SSSR count). The number of halogens is 3. The molecule has 7 heteroatoms. The molecule has 110 valence electrons. The first kappa shape index (κ1) is 14.8. The monoisotopic (exact) mass is 288 g/mol. The number of rotatable bonds is 3. The lowest BCUT2D eigenvalue weighted by Gasteiger charge is -2.36. The number of hydrogen-bond donors (Lipinski definition) is 2. The second-order valence-corrected chi connectivity index (χ2v) is 4.80. The van der Waals surface area contributed by atoms with Crippen LogP contribution in [0.15, 0.2) is 12.1 Å². The van der Waals surface area contributed by atoms with E-state index in [2.05, 4.69) is 5.32 Å². The minimum Gasteiger partial charge on any atom is -0.381 e. The highest BCUT2D eigenvalue weighted by Gasteiger charge is 2.33.